The Morgan fingerprint density at radius 2 is 1.58 bits per heavy atom. The van der Waals surface area contributed by atoms with Crippen molar-refractivity contribution in [2.75, 3.05) is 26.2 Å². The molecule has 3 aromatic rings. The van der Waals surface area contributed by atoms with Gasteiger partial charge in [0.05, 0.1) is 6.21 Å². The molecule has 0 atom stereocenters. The monoisotopic (exact) mass is 343 g/mol. The molecule has 0 bridgehead atoms. The fourth-order valence-electron chi connectivity index (χ4n) is 3.56. The molecule has 4 rings (SSSR count). The van der Waals surface area contributed by atoms with Gasteiger partial charge in [0.15, 0.2) is 0 Å². The largest absolute Gasteiger partial charge is 0.295 e. The average molecular weight is 343 g/mol. The summed E-state index contributed by atoms with van der Waals surface area (Å²) in [5.74, 6) is 0. The van der Waals surface area contributed by atoms with Crippen molar-refractivity contribution in [1.29, 1.82) is 0 Å². The Kier molecular flexibility index (Phi) is 4.98. The number of fused-ring (bicyclic) bond motifs is 1. The van der Waals surface area contributed by atoms with Crippen molar-refractivity contribution in [3.63, 3.8) is 0 Å². The molecular formula is C23H25N3. The van der Waals surface area contributed by atoms with E-state index >= 15 is 0 Å². The highest BCUT2D eigenvalue weighted by Gasteiger charge is 2.16. The summed E-state index contributed by atoms with van der Waals surface area (Å²) in [7, 11) is 0. The SMILES string of the molecule is Cc1ccccc1/C=N\N1CCN(Cc2cccc3ccccc23)CC1. The molecule has 0 N–H and O–H groups in total. The quantitative estimate of drug-likeness (QED) is 0.658. The molecule has 3 nitrogen and oxygen atoms in total. The van der Waals surface area contributed by atoms with Crippen LogP contribution in [0.1, 0.15) is 16.7 Å². The van der Waals surface area contributed by atoms with Gasteiger partial charge in [-0.3, -0.25) is 9.91 Å². The third kappa shape index (κ3) is 3.78. The Balaban J connectivity index is 1.37. The molecule has 1 aliphatic rings. The van der Waals surface area contributed by atoms with E-state index in [1.807, 2.05) is 6.21 Å². The second kappa shape index (κ2) is 7.71. The number of nitrogens with zero attached hydrogens (tertiary/aromatic N) is 3. The van der Waals surface area contributed by atoms with Crippen LogP contribution in [0.3, 0.4) is 0 Å². The van der Waals surface area contributed by atoms with Crippen LogP contribution >= 0.6 is 0 Å². The maximum atomic E-state index is 4.69. The lowest BCUT2D eigenvalue weighted by Gasteiger charge is -2.33. The predicted molar refractivity (Wildman–Crippen MR) is 110 cm³/mol. The Labute approximate surface area is 155 Å². The van der Waals surface area contributed by atoms with Crippen LogP contribution in [-0.2, 0) is 6.54 Å². The van der Waals surface area contributed by atoms with Crippen molar-refractivity contribution < 1.29 is 0 Å². The Hall–Kier alpha value is -2.65. The molecule has 1 heterocycles. The fraction of sp³-hybridized carbons (Fsp3) is 0.261. The molecule has 0 aromatic heterocycles. The fourth-order valence-corrected chi connectivity index (χ4v) is 3.56. The third-order valence-electron chi connectivity index (χ3n) is 5.17. The molecule has 0 spiro atoms. The van der Waals surface area contributed by atoms with Crippen LogP contribution in [0.5, 0.6) is 0 Å². The van der Waals surface area contributed by atoms with Gasteiger partial charge in [-0.1, -0.05) is 66.7 Å². The first kappa shape index (κ1) is 16.8. The zero-order valence-electron chi connectivity index (χ0n) is 15.3. The van der Waals surface area contributed by atoms with Crippen molar-refractivity contribution >= 4 is 17.0 Å². The molecule has 132 valence electrons. The van der Waals surface area contributed by atoms with E-state index in [2.05, 4.69) is 88.7 Å². The lowest BCUT2D eigenvalue weighted by molar-refractivity contribution is 0.131. The standard InChI is InChI=1S/C23H25N3/c1-19-7-2-3-9-21(19)17-24-26-15-13-25(14-16-26)18-22-11-6-10-20-8-4-5-12-23(20)22/h2-12,17H,13-16,18H2,1H3/b24-17-. The molecule has 0 unspecified atom stereocenters. The van der Waals surface area contributed by atoms with Crippen LogP contribution in [-0.4, -0.2) is 42.3 Å². The zero-order chi connectivity index (χ0) is 17.8. The van der Waals surface area contributed by atoms with Crippen LogP contribution in [0.25, 0.3) is 10.8 Å². The summed E-state index contributed by atoms with van der Waals surface area (Å²) in [5.41, 5.74) is 3.89. The van der Waals surface area contributed by atoms with Crippen molar-refractivity contribution in [1.82, 2.24) is 9.91 Å². The Morgan fingerprint density at radius 3 is 2.42 bits per heavy atom. The van der Waals surface area contributed by atoms with Gasteiger partial charge in [-0.25, -0.2) is 0 Å². The number of hydrogen-bond donors (Lipinski definition) is 0. The predicted octanol–water partition coefficient (Wildman–Crippen LogP) is 4.30. The van der Waals surface area contributed by atoms with Gasteiger partial charge in [0.2, 0.25) is 0 Å². The van der Waals surface area contributed by atoms with Crippen molar-refractivity contribution in [2.24, 2.45) is 5.10 Å². The molecule has 1 saturated heterocycles. The van der Waals surface area contributed by atoms with Crippen LogP contribution in [0.15, 0.2) is 71.8 Å². The molecule has 3 aromatic carbocycles. The van der Waals surface area contributed by atoms with Crippen molar-refractivity contribution in [2.45, 2.75) is 13.5 Å². The first-order valence-corrected chi connectivity index (χ1v) is 9.33. The number of hydrogen-bond acceptors (Lipinski definition) is 3. The lowest BCUT2D eigenvalue weighted by Crippen LogP contribution is -2.43. The molecule has 0 saturated carbocycles. The van der Waals surface area contributed by atoms with E-state index in [9.17, 15) is 0 Å². The van der Waals surface area contributed by atoms with E-state index in [0.29, 0.717) is 0 Å². The smallest absolute Gasteiger partial charge is 0.0545 e. The summed E-state index contributed by atoms with van der Waals surface area (Å²) in [4.78, 5) is 2.53. The van der Waals surface area contributed by atoms with Gasteiger partial charge < -0.3 is 0 Å². The minimum atomic E-state index is 0.979. The van der Waals surface area contributed by atoms with E-state index in [-0.39, 0.29) is 0 Å². The van der Waals surface area contributed by atoms with Gasteiger partial charge >= 0.3 is 0 Å². The topological polar surface area (TPSA) is 18.8 Å². The van der Waals surface area contributed by atoms with Crippen molar-refractivity contribution in [3.05, 3.63) is 83.4 Å². The van der Waals surface area contributed by atoms with Crippen LogP contribution in [0.2, 0.25) is 0 Å². The van der Waals surface area contributed by atoms with Gasteiger partial charge in [0, 0.05) is 32.7 Å². The van der Waals surface area contributed by atoms with Crippen LogP contribution in [0, 0.1) is 6.92 Å². The highest BCUT2D eigenvalue weighted by atomic mass is 15.5. The van der Waals surface area contributed by atoms with E-state index in [0.717, 1.165) is 32.7 Å². The summed E-state index contributed by atoms with van der Waals surface area (Å²) in [5, 5.41) is 9.57. The Morgan fingerprint density at radius 1 is 0.846 bits per heavy atom. The van der Waals surface area contributed by atoms with Gasteiger partial charge in [-0.15, -0.1) is 0 Å². The number of hydrazone groups is 1. The van der Waals surface area contributed by atoms with Crippen LogP contribution < -0.4 is 0 Å². The minimum absolute atomic E-state index is 0.979. The second-order valence-corrected chi connectivity index (χ2v) is 6.97. The number of benzene rings is 3. The summed E-state index contributed by atoms with van der Waals surface area (Å²) in [6.45, 7) is 7.20. The highest BCUT2D eigenvalue weighted by molar-refractivity contribution is 5.85. The summed E-state index contributed by atoms with van der Waals surface area (Å²) < 4.78 is 0. The first-order chi connectivity index (χ1) is 12.8. The van der Waals surface area contributed by atoms with Gasteiger partial charge in [0.25, 0.3) is 0 Å². The number of aryl methyl sites for hydroxylation is 1. The highest BCUT2D eigenvalue weighted by Crippen LogP contribution is 2.20. The van der Waals surface area contributed by atoms with Gasteiger partial charge in [-0.05, 0) is 34.4 Å². The van der Waals surface area contributed by atoms with E-state index < -0.39 is 0 Å². The second-order valence-electron chi connectivity index (χ2n) is 6.97. The molecule has 0 amide bonds. The normalized spacial score (nSPS) is 15.8. The zero-order valence-corrected chi connectivity index (χ0v) is 15.3. The molecule has 0 radical (unpaired) electrons. The Bertz CT molecular complexity index is 903. The van der Waals surface area contributed by atoms with E-state index in [1.54, 1.807) is 0 Å². The maximum absolute atomic E-state index is 4.69. The lowest BCUT2D eigenvalue weighted by atomic mass is 10.0. The van der Waals surface area contributed by atoms with E-state index in [1.165, 1.54) is 27.5 Å². The summed E-state index contributed by atoms with van der Waals surface area (Å²) in [6, 6.07) is 23.7. The van der Waals surface area contributed by atoms with E-state index in [4.69, 9.17) is 0 Å². The minimum Gasteiger partial charge on any atom is -0.295 e. The first-order valence-electron chi connectivity index (χ1n) is 9.33. The molecule has 26 heavy (non-hydrogen) atoms. The maximum Gasteiger partial charge on any atom is 0.0545 e. The molecule has 0 aliphatic carbocycles. The molecular weight excluding hydrogens is 318 g/mol. The van der Waals surface area contributed by atoms with Gasteiger partial charge in [0.1, 0.15) is 0 Å². The summed E-state index contributed by atoms with van der Waals surface area (Å²) >= 11 is 0. The molecule has 1 aliphatic heterocycles. The third-order valence-corrected chi connectivity index (χ3v) is 5.17. The van der Waals surface area contributed by atoms with Crippen LogP contribution in [0.4, 0.5) is 0 Å². The van der Waals surface area contributed by atoms with Crippen molar-refractivity contribution in [3.8, 4) is 0 Å². The summed E-state index contributed by atoms with van der Waals surface area (Å²) in [6.07, 6.45) is 2.00. The molecule has 3 heteroatoms. The van der Waals surface area contributed by atoms with Gasteiger partial charge in [-0.2, -0.15) is 5.10 Å². The molecule has 1 fully saturated rings. The average Bonchev–Trinajstić information content (AvgIpc) is 2.69. The number of piperazine rings is 1. The number of rotatable bonds is 4.